The van der Waals surface area contributed by atoms with Crippen molar-refractivity contribution < 1.29 is 13.9 Å². The molecular formula is C28H27F2N7O. The summed E-state index contributed by atoms with van der Waals surface area (Å²) in [6.45, 7) is 4.17. The lowest BCUT2D eigenvalue weighted by atomic mass is 9.90. The normalized spacial score (nSPS) is 15.8. The summed E-state index contributed by atoms with van der Waals surface area (Å²) in [4.78, 5) is 20.6. The highest BCUT2D eigenvalue weighted by Gasteiger charge is 2.28. The van der Waals surface area contributed by atoms with E-state index in [1.54, 1.807) is 43.6 Å². The first kappa shape index (κ1) is 25.2. The molecule has 38 heavy (non-hydrogen) atoms. The fourth-order valence-corrected chi connectivity index (χ4v) is 4.51. The van der Waals surface area contributed by atoms with Gasteiger partial charge >= 0.3 is 0 Å². The predicted molar refractivity (Wildman–Crippen MR) is 142 cm³/mol. The molecule has 1 aliphatic rings. The lowest BCUT2D eigenvalue weighted by Crippen LogP contribution is -2.49. The van der Waals surface area contributed by atoms with Crippen LogP contribution in [0.2, 0.25) is 0 Å². The second kappa shape index (κ2) is 10.5. The standard InChI is InChI=1S/C28H27F2N7O/c1-28(38,21-4-8-24(30)9-5-21)22-16-33-27(34-17-22)37-12-10-36(11-13-37)26(35-18-31)25-14-20(15-32-25)19-2-6-23(29)7-3-19/h2-9,14-18,31-32,38H,10-13H2,1H3/t28-/m1/s1. The number of amidine groups is 1. The average Bonchev–Trinajstić information content (AvgIpc) is 3.42. The van der Waals surface area contributed by atoms with E-state index in [1.165, 1.54) is 24.3 Å². The third-order valence-corrected chi connectivity index (χ3v) is 6.76. The first-order valence-corrected chi connectivity index (χ1v) is 12.2. The van der Waals surface area contributed by atoms with Crippen LogP contribution in [-0.4, -0.2) is 63.3 Å². The Bertz CT molecular complexity index is 1420. The molecule has 0 amide bonds. The largest absolute Gasteiger partial charge is 0.381 e. The SMILES string of the molecule is C[C@@](O)(c1ccc(F)cc1)c1cnc(N2CCN(C(=NC=N)c3cc(-c4ccc(F)cc4)c[nH]3)CC2)nc1. The number of aliphatic imine (C=N–C) groups is 1. The zero-order chi connectivity index (χ0) is 26.7. The molecule has 0 saturated carbocycles. The summed E-state index contributed by atoms with van der Waals surface area (Å²) in [6.07, 6.45) is 6.05. The van der Waals surface area contributed by atoms with Crippen molar-refractivity contribution in [3.8, 4) is 11.1 Å². The van der Waals surface area contributed by atoms with Gasteiger partial charge in [-0.05, 0) is 53.9 Å². The Hall–Kier alpha value is -4.44. The summed E-state index contributed by atoms with van der Waals surface area (Å²) in [5.41, 5.74) is 2.26. The molecule has 1 saturated heterocycles. The van der Waals surface area contributed by atoms with Crippen LogP contribution in [-0.2, 0) is 5.60 Å². The number of rotatable bonds is 6. The highest BCUT2D eigenvalue weighted by atomic mass is 19.1. The van der Waals surface area contributed by atoms with E-state index in [0.717, 1.165) is 23.2 Å². The number of aromatic nitrogens is 3. The van der Waals surface area contributed by atoms with Crippen molar-refractivity contribution in [1.29, 1.82) is 5.41 Å². The molecule has 10 heteroatoms. The number of nitrogens with one attached hydrogen (secondary N) is 2. The molecule has 0 radical (unpaired) electrons. The molecule has 1 fully saturated rings. The van der Waals surface area contributed by atoms with E-state index in [-0.39, 0.29) is 11.6 Å². The van der Waals surface area contributed by atoms with Gasteiger partial charge in [0.25, 0.3) is 0 Å². The molecule has 3 heterocycles. The average molecular weight is 516 g/mol. The molecule has 8 nitrogen and oxygen atoms in total. The molecule has 1 atom stereocenters. The Labute approximate surface area is 218 Å². The van der Waals surface area contributed by atoms with Gasteiger partial charge in [-0.25, -0.2) is 23.7 Å². The van der Waals surface area contributed by atoms with Gasteiger partial charge < -0.3 is 19.9 Å². The monoisotopic (exact) mass is 515 g/mol. The van der Waals surface area contributed by atoms with Gasteiger partial charge in [0.1, 0.15) is 23.6 Å². The van der Waals surface area contributed by atoms with E-state index in [9.17, 15) is 13.9 Å². The van der Waals surface area contributed by atoms with E-state index in [0.29, 0.717) is 49.1 Å². The second-order valence-corrected chi connectivity index (χ2v) is 9.22. The third kappa shape index (κ3) is 5.16. The van der Waals surface area contributed by atoms with Gasteiger partial charge in [0.05, 0.1) is 5.69 Å². The summed E-state index contributed by atoms with van der Waals surface area (Å²) in [5.74, 6) is 0.547. The summed E-state index contributed by atoms with van der Waals surface area (Å²) in [5, 5.41) is 18.6. The number of halogens is 2. The van der Waals surface area contributed by atoms with Gasteiger partial charge in [0.2, 0.25) is 5.95 Å². The van der Waals surface area contributed by atoms with Gasteiger partial charge in [-0.15, -0.1) is 0 Å². The third-order valence-electron chi connectivity index (χ3n) is 6.76. The van der Waals surface area contributed by atoms with E-state index >= 15 is 0 Å². The molecular weight excluding hydrogens is 488 g/mol. The molecule has 4 aromatic rings. The molecule has 194 valence electrons. The molecule has 0 unspecified atom stereocenters. The minimum atomic E-state index is -1.36. The van der Waals surface area contributed by atoms with Crippen LogP contribution in [0.1, 0.15) is 23.7 Å². The molecule has 2 aromatic heterocycles. The minimum Gasteiger partial charge on any atom is -0.381 e. The van der Waals surface area contributed by atoms with E-state index < -0.39 is 5.60 Å². The van der Waals surface area contributed by atoms with Crippen molar-refractivity contribution in [2.75, 3.05) is 31.1 Å². The molecule has 2 aromatic carbocycles. The van der Waals surface area contributed by atoms with Crippen molar-refractivity contribution in [3.63, 3.8) is 0 Å². The van der Waals surface area contributed by atoms with Crippen LogP contribution in [0.15, 0.2) is 78.2 Å². The van der Waals surface area contributed by atoms with Gasteiger partial charge in [0, 0.05) is 50.3 Å². The molecule has 0 bridgehead atoms. The van der Waals surface area contributed by atoms with Crippen LogP contribution in [0, 0.1) is 17.0 Å². The van der Waals surface area contributed by atoms with Crippen molar-refractivity contribution in [2.45, 2.75) is 12.5 Å². The van der Waals surface area contributed by atoms with E-state index in [1.807, 2.05) is 17.2 Å². The van der Waals surface area contributed by atoms with Crippen LogP contribution in [0.5, 0.6) is 0 Å². The smallest absolute Gasteiger partial charge is 0.225 e. The van der Waals surface area contributed by atoms with Crippen molar-refractivity contribution >= 4 is 18.1 Å². The van der Waals surface area contributed by atoms with Crippen LogP contribution in [0.4, 0.5) is 14.7 Å². The Morgan fingerprint density at radius 1 is 0.947 bits per heavy atom. The number of benzene rings is 2. The summed E-state index contributed by atoms with van der Waals surface area (Å²) in [6, 6.07) is 13.9. The number of hydrogen-bond donors (Lipinski definition) is 3. The summed E-state index contributed by atoms with van der Waals surface area (Å²) >= 11 is 0. The Kier molecular flexibility index (Phi) is 6.97. The number of aliphatic hydroxyl groups is 1. The lowest BCUT2D eigenvalue weighted by molar-refractivity contribution is 0.101. The fourth-order valence-electron chi connectivity index (χ4n) is 4.51. The van der Waals surface area contributed by atoms with Crippen LogP contribution in [0.25, 0.3) is 11.1 Å². The molecule has 0 aliphatic carbocycles. The topological polar surface area (TPSA) is 104 Å². The second-order valence-electron chi connectivity index (χ2n) is 9.22. The quantitative estimate of drug-likeness (QED) is 0.264. The first-order valence-electron chi connectivity index (χ1n) is 12.2. The Morgan fingerprint density at radius 3 is 2.16 bits per heavy atom. The number of hydrogen-bond acceptors (Lipinski definition) is 5. The van der Waals surface area contributed by atoms with Crippen molar-refractivity contribution in [1.82, 2.24) is 19.9 Å². The summed E-state index contributed by atoms with van der Waals surface area (Å²) in [7, 11) is 0. The predicted octanol–water partition coefficient (Wildman–Crippen LogP) is 4.18. The zero-order valence-electron chi connectivity index (χ0n) is 20.8. The fraction of sp³-hybridized carbons (Fsp3) is 0.214. The minimum absolute atomic E-state index is 0.287. The zero-order valence-corrected chi connectivity index (χ0v) is 20.8. The summed E-state index contributed by atoms with van der Waals surface area (Å²) < 4.78 is 26.6. The van der Waals surface area contributed by atoms with Crippen LogP contribution >= 0.6 is 0 Å². The Balaban J connectivity index is 1.26. The molecule has 0 spiro atoms. The van der Waals surface area contributed by atoms with E-state index in [2.05, 4.69) is 24.8 Å². The maximum absolute atomic E-state index is 13.3. The van der Waals surface area contributed by atoms with Crippen LogP contribution in [0.3, 0.4) is 0 Å². The first-order chi connectivity index (χ1) is 18.3. The van der Waals surface area contributed by atoms with Gasteiger partial charge in [-0.1, -0.05) is 24.3 Å². The number of H-pyrrole nitrogens is 1. The lowest BCUT2D eigenvalue weighted by Gasteiger charge is -2.36. The van der Waals surface area contributed by atoms with Crippen molar-refractivity contribution in [3.05, 3.63) is 102 Å². The van der Waals surface area contributed by atoms with Crippen molar-refractivity contribution in [2.24, 2.45) is 4.99 Å². The number of aromatic amines is 1. The molecule has 3 N–H and O–H groups in total. The molecule has 1 aliphatic heterocycles. The van der Waals surface area contributed by atoms with Crippen LogP contribution < -0.4 is 4.90 Å². The number of nitrogens with zero attached hydrogens (tertiary/aromatic N) is 5. The number of anilines is 1. The van der Waals surface area contributed by atoms with Gasteiger partial charge in [-0.3, -0.25) is 5.41 Å². The maximum Gasteiger partial charge on any atom is 0.225 e. The number of piperazine rings is 1. The maximum atomic E-state index is 13.3. The highest BCUT2D eigenvalue weighted by Crippen LogP contribution is 2.29. The molecule has 5 rings (SSSR count). The highest BCUT2D eigenvalue weighted by molar-refractivity contribution is 6.01. The Morgan fingerprint density at radius 2 is 1.55 bits per heavy atom. The van der Waals surface area contributed by atoms with E-state index in [4.69, 9.17) is 5.41 Å². The van der Waals surface area contributed by atoms with Gasteiger partial charge in [-0.2, -0.15) is 0 Å². The van der Waals surface area contributed by atoms with Gasteiger partial charge in [0.15, 0.2) is 5.84 Å².